The molecule has 0 atom stereocenters. The third-order valence-corrected chi connectivity index (χ3v) is 3.14. The van der Waals surface area contributed by atoms with E-state index in [1.807, 2.05) is 23.9 Å². The minimum atomic E-state index is -0.924. The standard InChI is InChI=1S/C12H11BrN2O2/c1-8-4-5-15(14-8)7-10-3-2-9(12(16)17)6-11(10)13/h2-6H,7H2,1H3,(H,16,17). The van der Waals surface area contributed by atoms with Gasteiger partial charge in [0.15, 0.2) is 0 Å². The second kappa shape index (κ2) is 4.71. The average Bonchev–Trinajstić information content (AvgIpc) is 2.67. The third kappa shape index (κ3) is 2.74. The molecule has 0 unspecified atom stereocenters. The lowest BCUT2D eigenvalue weighted by Gasteiger charge is -2.05. The molecule has 1 N–H and O–H groups in total. The molecule has 0 radical (unpaired) electrons. The van der Waals surface area contributed by atoms with E-state index in [4.69, 9.17) is 5.11 Å². The molecular formula is C12H11BrN2O2. The average molecular weight is 295 g/mol. The van der Waals surface area contributed by atoms with Crippen molar-refractivity contribution in [3.05, 3.63) is 51.8 Å². The van der Waals surface area contributed by atoms with Gasteiger partial charge in [-0.2, -0.15) is 5.10 Å². The number of aromatic carboxylic acids is 1. The molecule has 17 heavy (non-hydrogen) atoms. The normalized spacial score (nSPS) is 10.5. The van der Waals surface area contributed by atoms with Gasteiger partial charge in [-0.3, -0.25) is 4.68 Å². The molecule has 1 aromatic heterocycles. The van der Waals surface area contributed by atoms with Gasteiger partial charge in [-0.05, 0) is 30.7 Å². The minimum absolute atomic E-state index is 0.275. The quantitative estimate of drug-likeness (QED) is 0.947. The number of aromatic nitrogens is 2. The van der Waals surface area contributed by atoms with Gasteiger partial charge in [0, 0.05) is 10.7 Å². The number of carboxylic acids is 1. The summed E-state index contributed by atoms with van der Waals surface area (Å²) in [6, 6.07) is 6.93. The van der Waals surface area contributed by atoms with Crippen molar-refractivity contribution in [3.63, 3.8) is 0 Å². The Morgan fingerprint density at radius 3 is 2.76 bits per heavy atom. The van der Waals surface area contributed by atoms with E-state index in [9.17, 15) is 4.79 Å². The number of halogens is 1. The molecule has 0 saturated carbocycles. The van der Waals surface area contributed by atoms with Crippen molar-refractivity contribution in [2.24, 2.45) is 0 Å². The van der Waals surface area contributed by atoms with Gasteiger partial charge in [0.1, 0.15) is 0 Å². The Morgan fingerprint density at radius 1 is 1.47 bits per heavy atom. The number of hydrogen-bond acceptors (Lipinski definition) is 2. The molecule has 1 aromatic carbocycles. The molecule has 0 amide bonds. The number of benzene rings is 1. The fourth-order valence-corrected chi connectivity index (χ4v) is 2.04. The van der Waals surface area contributed by atoms with Crippen LogP contribution in [0, 0.1) is 6.92 Å². The van der Waals surface area contributed by atoms with E-state index in [1.54, 1.807) is 18.2 Å². The van der Waals surface area contributed by atoms with Crippen molar-refractivity contribution in [3.8, 4) is 0 Å². The van der Waals surface area contributed by atoms with Crippen molar-refractivity contribution < 1.29 is 9.90 Å². The van der Waals surface area contributed by atoms with E-state index in [2.05, 4.69) is 21.0 Å². The number of nitrogens with zero attached hydrogens (tertiary/aromatic N) is 2. The zero-order valence-corrected chi connectivity index (χ0v) is 10.8. The largest absolute Gasteiger partial charge is 0.478 e. The van der Waals surface area contributed by atoms with E-state index < -0.39 is 5.97 Å². The van der Waals surface area contributed by atoms with Crippen LogP contribution in [-0.2, 0) is 6.54 Å². The Kier molecular flexibility index (Phi) is 3.28. The fourth-order valence-electron chi connectivity index (χ4n) is 1.53. The Hall–Kier alpha value is -1.62. The van der Waals surface area contributed by atoms with Crippen molar-refractivity contribution >= 4 is 21.9 Å². The van der Waals surface area contributed by atoms with Crippen LogP contribution in [0.15, 0.2) is 34.9 Å². The second-order valence-corrected chi connectivity index (χ2v) is 4.62. The van der Waals surface area contributed by atoms with Crippen molar-refractivity contribution in [2.75, 3.05) is 0 Å². The van der Waals surface area contributed by atoms with Gasteiger partial charge in [0.2, 0.25) is 0 Å². The molecule has 0 fully saturated rings. The molecule has 2 aromatic rings. The van der Waals surface area contributed by atoms with Gasteiger partial charge < -0.3 is 5.11 Å². The summed E-state index contributed by atoms with van der Waals surface area (Å²) >= 11 is 3.38. The maximum absolute atomic E-state index is 10.8. The maximum atomic E-state index is 10.8. The molecule has 2 rings (SSSR count). The highest BCUT2D eigenvalue weighted by atomic mass is 79.9. The van der Waals surface area contributed by atoms with Crippen molar-refractivity contribution in [2.45, 2.75) is 13.5 Å². The van der Waals surface area contributed by atoms with Gasteiger partial charge in [-0.25, -0.2) is 4.79 Å². The highest BCUT2D eigenvalue weighted by molar-refractivity contribution is 9.10. The summed E-state index contributed by atoms with van der Waals surface area (Å²) < 4.78 is 2.60. The Labute approximate surface area is 107 Å². The highest BCUT2D eigenvalue weighted by Crippen LogP contribution is 2.19. The molecule has 0 aliphatic heterocycles. The lowest BCUT2D eigenvalue weighted by atomic mass is 10.1. The van der Waals surface area contributed by atoms with Crippen LogP contribution in [0.2, 0.25) is 0 Å². The maximum Gasteiger partial charge on any atom is 0.335 e. The Bertz CT molecular complexity index is 563. The minimum Gasteiger partial charge on any atom is -0.478 e. The Balaban J connectivity index is 2.25. The highest BCUT2D eigenvalue weighted by Gasteiger charge is 2.07. The van der Waals surface area contributed by atoms with E-state index in [0.717, 1.165) is 15.7 Å². The number of carbonyl (C=O) groups is 1. The summed E-state index contributed by atoms with van der Waals surface area (Å²) in [7, 11) is 0. The van der Waals surface area contributed by atoms with Crippen LogP contribution < -0.4 is 0 Å². The number of rotatable bonds is 3. The van der Waals surface area contributed by atoms with Crippen LogP contribution >= 0.6 is 15.9 Å². The monoisotopic (exact) mass is 294 g/mol. The molecule has 0 aliphatic rings. The SMILES string of the molecule is Cc1ccn(Cc2ccc(C(=O)O)cc2Br)n1. The Morgan fingerprint density at radius 2 is 2.24 bits per heavy atom. The summed E-state index contributed by atoms with van der Waals surface area (Å²) in [4.78, 5) is 10.8. The topological polar surface area (TPSA) is 55.1 Å². The summed E-state index contributed by atoms with van der Waals surface area (Å²) in [5.74, 6) is -0.924. The summed E-state index contributed by atoms with van der Waals surface area (Å²) in [6.45, 7) is 2.55. The van der Waals surface area contributed by atoms with E-state index >= 15 is 0 Å². The molecule has 88 valence electrons. The molecule has 0 aliphatic carbocycles. The predicted octanol–water partition coefficient (Wildman–Crippen LogP) is 2.70. The summed E-state index contributed by atoms with van der Waals surface area (Å²) in [5, 5.41) is 13.1. The lowest BCUT2D eigenvalue weighted by molar-refractivity contribution is 0.0697. The van der Waals surface area contributed by atoms with Crippen LogP contribution in [0.4, 0.5) is 0 Å². The van der Waals surface area contributed by atoms with Crippen molar-refractivity contribution in [1.82, 2.24) is 9.78 Å². The first-order valence-electron chi connectivity index (χ1n) is 5.08. The van der Waals surface area contributed by atoms with Crippen LogP contribution in [0.3, 0.4) is 0 Å². The van der Waals surface area contributed by atoms with Gasteiger partial charge in [-0.15, -0.1) is 0 Å². The zero-order chi connectivity index (χ0) is 12.4. The molecule has 5 heteroatoms. The predicted molar refractivity (Wildman–Crippen MR) is 67.2 cm³/mol. The van der Waals surface area contributed by atoms with Gasteiger partial charge in [-0.1, -0.05) is 22.0 Å². The first kappa shape index (κ1) is 11.9. The van der Waals surface area contributed by atoms with Gasteiger partial charge in [0.05, 0.1) is 17.8 Å². The molecule has 0 spiro atoms. The number of carboxylic acid groups (broad SMARTS) is 1. The molecule has 0 bridgehead atoms. The first-order valence-corrected chi connectivity index (χ1v) is 5.87. The molecule has 0 saturated heterocycles. The van der Waals surface area contributed by atoms with E-state index in [1.165, 1.54) is 0 Å². The van der Waals surface area contributed by atoms with Crippen LogP contribution in [0.1, 0.15) is 21.6 Å². The molecule has 4 nitrogen and oxygen atoms in total. The third-order valence-electron chi connectivity index (χ3n) is 2.41. The first-order chi connectivity index (χ1) is 8.06. The lowest BCUT2D eigenvalue weighted by Crippen LogP contribution is -2.03. The van der Waals surface area contributed by atoms with Gasteiger partial charge >= 0.3 is 5.97 Å². The summed E-state index contributed by atoms with van der Waals surface area (Å²) in [5.41, 5.74) is 2.23. The number of aryl methyl sites for hydroxylation is 1. The summed E-state index contributed by atoms with van der Waals surface area (Å²) in [6.07, 6.45) is 1.90. The van der Waals surface area contributed by atoms with Gasteiger partial charge in [0.25, 0.3) is 0 Å². The van der Waals surface area contributed by atoms with E-state index in [0.29, 0.717) is 6.54 Å². The van der Waals surface area contributed by atoms with E-state index in [-0.39, 0.29) is 5.56 Å². The van der Waals surface area contributed by atoms with Crippen molar-refractivity contribution in [1.29, 1.82) is 0 Å². The molecule has 1 heterocycles. The van der Waals surface area contributed by atoms with Crippen LogP contribution in [0.25, 0.3) is 0 Å². The number of hydrogen-bond donors (Lipinski definition) is 1. The fraction of sp³-hybridized carbons (Fsp3) is 0.167. The smallest absolute Gasteiger partial charge is 0.335 e. The molecular weight excluding hydrogens is 284 g/mol. The van der Waals surface area contributed by atoms with Crippen LogP contribution in [-0.4, -0.2) is 20.9 Å². The zero-order valence-electron chi connectivity index (χ0n) is 9.22. The van der Waals surface area contributed by atoms with Crippen LogP contribution in [0.5, 0.6) is 0 Å². The second-order valence-electron chi connectivity index (χ2n) is 3.77.